The summed E-state index contributed by atoms with van der Waals surface area (Å²) >= 11 is 5.10. The standard InChI is InChI=1S/C13H13N3OS/c1-10-4-6-11(7-5-10)15-13(18)16-14-9-12-3-2-8-17-12/h2-9H,1H3,(H2,15,16,18)/b14-9-. The Morgan fingerprint density at radius 3 is 2.72 bits per heavy atom. The predicted octanol–water partition coefficient (Wildman–Crippen LogP) is 2.91. The molecule has 2 aromatic rings. The van der Waals surface area contributed by atoms with Crippen molar-refractivity contribution in [3.63, 3.8) is 0 Å². The van der Waals surface area contributed by atoms with Gasteiger partial charge in [0, 0.05) is 5.69 Å². The van der Waals surface area contributed by atoms with Crippen LogP contribution < -0.4 is 10.7 Å². The molecular formula is C13H13N3OS. The van der Waals surface area contributed by atoms with Crippen molar-refractivity contribution in [3.8, 4) is 0 Å². The Hall–Kier alpha value is -2.14. The van der Waals surface area contributed by atoms with E-state index in [1.807, 2.05) is 37.3 Å². The maximum Gasteiger partial charge on any atom is 0.191 e. The molecule has 0 spiro atoms. The van der Waals surface area contributed by atoms with Crippen LogP contribution in [0, 0.1) is 6.92 Å². The van der Waals surface area contributed by atoms with Gasteiger partial charge in [-0.2, -0.15) is 5.10 Å². The van der Waals surface area contributed by atoms with Gasteiger partial charge in [0.2, 0.25) is 0 Å². The lowest BCUT2D eigenvalue weighted by Crippen LogP contribution is -2.23. The molecule has 5 heteroatoms. The number of furan rings is 1. The average Bonchev–Trinajstić information content (AvgIpc) is 2.85. The first-order chi connectivity index (χ1) is 8.74. The number of hydrogen-bond donors (Lipinski definition) is 2. The van der Waals surface area contributed by atoms with Crippen molar-refractivity contribution in [2.75, 3.05) is 5.32 Å². The summed E-state index contributed by atoms with van der Waals surface area (Å²) in [5.41, 5.74) is 4.84. The SMILES string of the molecule is Cc1ccc(NC(=S)N/N=C\c2ccco2)cc1. The molecule has 92 valence electrons. The normalized spacial score (nSPS) is 10.5. The maximum absolute atomic E-state index is 5.10. The number of benzene rings is 1. The summed E-state index contributed by atoms with van der Waals surface area (Å²) in [7, 11) is 0. The molecule has 0 amide bonds. The second-order valence-electron chi connectivity index (χ2n) is 3.71. The number of hydrazone groups is 1. The van der Waals surface area contributed by atoms with Gasteiger partial charge in [-0.25, -0.2) is 0 Å². The third-order valence-electron chi connectivity index (χ3n) is 2.21. The molecule has 0 radical (unpaired) electrons. The Labute approximate surface area is 111 Å². The topological polar surface area (TPSA) is 49.6 Å². The third-order valence-corrected chi connectivity index (χ3v) is 2.40. The molecule has 2 N–H and O–H groups in total. The van der Waals surface area contributed by atoms with Gasteiger partial charge in [0.05, 0.1) is 12.5 Å². The molecule has 0 fully saturated rings. The van der Waals surface area contributed by atoms with Crippen molar-refractivity contribution in [1.82, 2.24) is 5.43 Å². The summed E-state index contributed by atoms with van der Waals surface area (Å²) in [6, 6.07) is 11.5. The van der Waals surface area contributed by atoms with Crippen molar-refractivity contribution in [1.29, 1.82) is 0 Å². The molecular weight excluding hydrogens is 246 g/mol. The minimum atomic E-state index is 0.432. The van der Waals surface area contributed by atoms with Crippen LogP contribution in [-0.2, 0) is 0 Å². The number of nitrogens with zero attached hydrogens (tertiary/aromatic N) is 1. The molecule has 1 aromatic carbocycles. The van der Waals surface area contributed by atoms with E-state index in [0.717, 1.165) is 5.69 Å². The summed E-state index contributed by atoms with van der Waals surface area (Å²) in [4.78, 5) is 0. The van der Waals surface area contributed by atoms with Crippen LogP contribution in [0.4, 0.5) is 5.69 Å². The minimum absolute atomic E-state index is 0.432. The zero-order chi connectivity index (χ0) is 12.8. The van der Waals surface area contributed by atoms with E-state index < -0.39 is 0 Å². The highest BCUT2D eigenvalue weighted by Gasteiger charge is 1.95. The van der Waals surface area contributed by atoms with E-state index in [2.05, 4.69) is 15.8 Å². The molecule has 0 aliphatic carbocycles. The van der Waals surface area contributed by atoms with Gasteiger partial charge in [0.15, 0.2) is 5.11 Å². The van der Waals surface area contributed by atoms with E-state index in [4.69, 9.17) is 16.6 Å². The quantitative estimate of drug-likeness (QED) is 0.505. The summed E-state index contributed by atoms with van der Waals surface area (Å²) < 4.78 is 5.09. The lowest BCUT2D eigenvalue weighted by Gasteiger charge is -2.06. The highest BCUT2D eigenvalue weighted by molar-refractivity contribution is 7.80. The van der Waals surface area contributed by atoms with Gasteiger partial charge in [0.1, 0.15) is 5.76 Å². The number of anilines is 1. The maximum atomic E-state index is 5.10. The van der Waals surface area contributed by atoms with E-state index in [1.54, 1.807) is 18.5 Å². The first kappa shape index (κ1) is 12.3. The zero-order valence-electron chi connectivity index (χ0n) is 9.88. The highest BCUT2D eigenvalue weighted by atomic mass is 32.1. The van der Waals surface area contributed by atoms with Crippen molar-refractivity contribution >= 4 is 29.2 Å². The van der Waals surface area contributed by atoms with Crippen molar-refractivity contribution < 1.29 is 4.42 Å². The second-order valence-corrected chi connectivity index (χ2v) is 4.11. The first-order valence-electron chi connectivity index (χ1n) is 5.44. The van der Waals surface area contributed by atoms with Crippen molar-refractivity contribution in [3.05, 3.63) is 54.0 Å². The molecule has 0 bridgehead atoms. The molecule has 18 heavy (non-hydrogen) atoms. The van der Waals surface area contributed by atoms with Crippen LogP contribution in [0.5, 0.6) is 0 Å². The largest absolute Gasteiger partial charge is 0.463 e. The molecule has 4 nitrogen and oxygen atoms in total. The van der Waals surface area contributed by atoms with Crippen LogP contribution in [0.15, 0.2) is 52.2 Å². The fraction of sp³-hybridized carbons (Fsp3) is 0.0769. The molecule has 0 saturated heterocycles. The summed E-state index contributed by atoms with van der Waals surface area (Å²) in [6.07, 6.45) is 3.15. The Balaban J connectivity index is 1.84. The zero-order valence-corrected chi connectivity index (χ0v) is 10.7. The van der Waals surface area contributed by atoms with E-state index in [-0.39, 0.29) is 0 Å². The predicted molar refractivity (Wildman–Crippen MR) is 76.8 cm³/mol. The van der Waals surface area contributed by atoms with Crippen LogP contribution in [0.2, 0.25) is 0 Å². The van der Waals surface area contributed by atoms with Crippen molar-refractivity contribution in [2.24, 2.45) is 5.10 Å². The summed E-state index contributed by atoms with van der Waals surface area (Å²) in [6.45, 7) is 2.04. The summed E-state index contributed by atoms with van der Waals surface area (Å²) in [5.74, 6) is 0.667. The van der Waals surface area contributed by atoms with E-state index >= 15 is 0 Å². The molecule has 1 aromatic heterocycles. The van der Waals surface area contributed by atoms with E-state index in [1.165, 1.54) is 5.56 Å². The van der Waals surface area contributed by atoms with Crippen LogP contribution in [0.25, 0.3) is 0 Å². The number of aryl methyl sites for hydroxylation is 1. The van der Waals surface area contributed by atoms with Crippen LogP contribution in [0.3, 0.4) is 0 Å². The number of hydrogen-bond acceptors (Lipinski definition) is 3. The Morgan fingerprint density at radius 1 is 1.28 bits per heavy atom. The average molecular weight is 259 g/mol. The molecule has 0 saturated carbocycles. The van der Waals surface area contributed by atoms with E-state index in [9.17, 15) is 0 Å². The molecule has 0 aliphatic rings. The van der Waals surface area contributed by atoms with Gasteiger partial charge in [-0.15, -0.1) is 0 Å². The Kier molecular flexibility index (Phi) is 4.09. The number of nitrogens with one attached hydrogen (secondary N) is 2. The van der Waals surface area contributed by atoms with Gasteiger partial charge < -0.3 is 9.73 Å². The highest BCUT2D eigenvalue weighted by Crippen LogP contribution is 2.08. The Bertz CT molecular complexity index is 532. The molecule has 0 aliphatic heterocycles. The number of thiocarbonyl (C=S) groups is 1. The fourth-order valence-corrected chi connectivity index (χ4v) is 1.49. The monoisotopic (exact) mass is 259 g/mol. The molecule has 0 unspecified atom stereocenters. The van der Waals surface area contributed by atoms with Gasteiger partial charge in [-0.1, -0.05) is 17.7 Å². The lowest BCUT2D eigenvalue weighted by atomic mass is 10.2. The molecule has 1 heterocycles. The lowest BCUT2D eigenvalue weighted by molar-refractivity contribution is 0.560. The van der Waals surface area contributed by atoms with Crippen LogP contribution in [0.1, 0.15) is 11.3 Å². The summed E-state index contributed by atoms with van der Waals surface area (Å²) in [5, 5.41) is 7.41. The number of rotatable bonds is 3. The van der Waals surface area contributed by atoms with E-state index in [0.29, 0.717) is 10.9 Å². The van der Waals surface area contributed by atoms with Crippen molar-refractivity contribution in [2.45, 2.75) is 6.92 Å². The fourth-order valence-electron chi connectivity index (χ4n) is 1.32. The van der Waals surface area contributed by atoms with Gasteiger partial charge in [0.25, 0.3) is 0 Å². The van der Waals surface area contributed by atoms with Crippen LogP contribution in [-0.4, -0.2) is 11.3 Å². The molecule has 2 rings (SSSR count). The van der Waals surface area contributed by atoms with Gasteiger partial charge in [-0.05, 0) is 43.4 Å². The molecule has 0 atom stereocenters. The Morgan fingerprint density at radius 2 is 2.06 bits per heavy atom. The smallest absolute Gasteiger partial charge is 0.191 e. The third kappa shape index (κ3) is 3.71. The first-order valence-corrected chi connectivity index (χ1v) is 5.85. The van der Waals surface area contributed by atoms with Crippen LogP contribution >= 0.6 is 12.2 Å². The van der Waals surface area contributed by atoms with Gasteiger partial charge >= 0.3 is 0 Å². The second kappa shape index (κ2) is 5.97. The minimum Gasteiger partial charge on any atom is -0.463 e. The van der Waals surface area contributed by atoms with Gasteiger partial charge in [-0.3, -0.25) is 5.43 Å².